The van der Waals surface area contributed by atoms with Crippen LogP contribution in [0.15, 0.2) is 0 Å². The van der Waals surface area contributed by atoms with Crippen molar-refractivity contribution < 1.29 is 22.9 Å². The Kier molecular flexibility index (Phi) is 6.41. The van der Waals surface area contributed by atoms with Crippen molar-refractivity contribution in [3.63, 3.8) is 0 Å². The molecule has 0 heterocycles. The number of nitrogens with zero attached hydrogens (tertiary/aromatic N) is 1. The molecular formula is C10H23NO4P+. The topological polar surface area (TPSA) is 52.6 Å². The van der Waals surface area contributed by atoms with Crippen LogP contribution in [0.4, 0.5) is 0 Å². The van der Waals surface area contributed by atoms with Gasteiger partial charge in [-0.2, -0.15) is 0 Å². The number of carbonyl (C=O) groups excluding carboxylic acids is 1. The average Bonchev–Trinajstić information content (AvgIpc) is 1.99. The molecule has 0 aliphatic carbocycles. The maximum absolute atomic E-state index is 12.0. The van der Waals surface area contributed by atoms with E-state index >= 15 is 0 Å². The summed E-state index contributed by atoms with van der Waals surface area (Å²) in [5.74, 6) is -0.0993. The second kappa shape index (κ2) is 6.50. The number of carbonyl (C=O) groups is 1. The highest BCUT2D eigenvalue weighted by Crippen LogP contribution is 2.47. The Morgan fingerprint density at radius 3 is 1.88 bits per heavy atom. The molecule has 16 heavy (non-hydrogen) atoms. The van der Waals surface area contributed by atoms with E-state index < -0.39 is 7.60 Å². The van der Waals surface area contributed by atoms with Gasteiger partial charge >= 0.3 is 7.60 Å². The fourth-order valence-corrected chi connectivity index (χ4v) is 2.89. The van der Waals surface area contributed by atoms with Crippen molar-refractivity contribution in [1.29, 1.82) is 0 Å². The largest absolute Gasteiger partial charge is 0.338 e. The van der Waals surface area contributed by atoms with Crippen LogP contribution in [-0.4, -0.2) is 57.3 Å². The summed E-state index contributed by atoms with van der Waals surface area (Å²) in [5.41, 5.74) is 0. The molecule has 0 aliphatic heterocycles. The lowest BCUT2D eigenvalue weighted by Gasteiger charge is -2.24. The van der Waals surface area contributed by atoms with E-state index in [1.165, 1.54) is 0 Å². The first-order valence-corrected chi connectivity index (χ1v) is 7.15. The van der Waals surface area contributed by atoms with Crippen molar-refractivity contribution >= 4 is 13.4 Å². The van der Waals surface area contributed by atoms with E-state index in [1.807, 2.05) is 21.1 Å². The van der Waals surface area contributed by atoms with Gasteiger partial charge in [0.1, 0.15) is 12.7 Å². The zero-order valence-electron chi connectivity index (χ0n) is 10.9. The van der Waals surface area contributed by atoms with Crippen LogP contribution in [0.3, 0.4) is 0 Å². The number of likely N-dealkylation sites (N-methyl/N-ethyl adjacent to an activating group) is 1. The second-order valence-electron chi connectivity index (χ2n) is 4.59. The fourth-order valence-electron chi connectivity index (χ4n) is 1.32. The highest BCUT2D eigenvalue weighted by atomic mass is 31.2. The van der Waals surface area contributed by atoms with Gasteiger partial charge in [-0.15, -0.1) is 0 Å². The molecule has 0 radical (unpaired) electrons. The fraction of sp³-hybridized carbons (Fsp3) is 0.900. The van der Waals surface area contributed by atoms with Gasteiger partial charge in [-0.1, -0.05) is 0 Å². The summed E-state index contributed by atoms with van der Waals surface area (Å²) < 4.78 is 22.7. The number of ketones is 1. The van der Waals surface area contributed by atoms with Gasteiger partial charge in [0.15, 0.2) is 5.78 Å². The zero-order valence-corrected chi connectivity index (χ0v) is 11.8. The van der Waals surface area contributed by atoms with Crippen LogP contribution in [-0.2, 0) is 18.4 Å². The Labute approximate surface area is 97.8 Å². The van der Waals surface area contributed by atoms with Crippen LogP contribution in [0.5, 0.6) is 0 Å². The van der Waals surface area contributed by atoms with Crippen molar-refractivity contribution in [3.05, 3.63) is 0 Å². The maximum atomic E-state index is 12.0. The molecule has 0 atom stereocenters. The van der Waals surface area contributed by atoms with Gasteiger partial charge in [-0.3, -0.25) is 9.36 Å². The highest BCUT2D eigenvalue weighted by molar-refractivity contribution is 7.54. The monoisotopic (exact) mass is 252 g/mol. The minimum Gasteiger partial charge on any atom is -0.325 e. The summed E-state index contributed by atoms with van der Waals surface area (Å²) in [5, 5.41) is 0. The normalized spacial score (nSPS) is 12.8. The number of quaternary nitrogens is 1. The minimum atomic E-state index is -3.22. The first-order chi connectivity index (χ1) is 7.22. The molecule has 0 rings (SSSR count). The highest BCUT2D eigenvalue weighted by Gasteiger charge is 2.29. The van der Waals surface area contributed by atoms with Gasteiger partial charge in [0.25, 0.3) is 0 Å². The van der Waals surface area contributed by atoms with E-state index in [0.29, 0.717) is 11.0 Å². The quantitative estimate of drug-likeness (QED) is 0.485. The molecule has 0 bridgehead atoms. The molecule has 5 nitrogen and oxygen atoms in total. The molecule has 0 fully saturated rings. The lowest BCUT2D eigenvalue weighted by molar-refractivity contribution is -0.861. The van der Waals surface area contributed by atoms with Gasteiger partial charge in [-0.25, -0.2) is 0 Å². The molecule has 0 saturated heterocycles. The van der Waals surface area contributed by atoms with Gasteiger partial charge in [0.2, 0.25) is 0 Å². The van der Waals surface area contributed by atoms with Crippen molar-refractivity contribution in [1.82, 2.24) is 0 Å². The summed E-state index contributed by atoms with van der Waals surface area (Å²) in [6.45, 7) is 4.36. The molecule has 0 spiro atoms. The predicted molar refractivity (Wildman–Crippen MR) is 63.6 cm³/mol. The van der Waals surface area contributed by atoms with Gasteiger partial charge in [0.05, 0.1) is 34.4 Å². The van der Waals surface area contributed by atoms with Crippen LogP contribution >= 0.6 is 7.60 Å². The van der Waals surface area contributed by atoms with Crippen LogP contribution in [0.25, 0.3) is 0 Å². The van der Waals surface area contributed by atoms with Crippen molar-refractivity contribution in [2.75, 3.05) is 47.1 Å². The number of hydrogen-bond acceptors (Lipinski definition) is 4. The molecule has 0 aromatic carbocycles. The molecule has 96 valence electrons. The summed E-state index contributed by atoms with van der Waals surface area (Å²) in [6.07, 6.45) is -0.135. The first kappa shape index (κ1) is 15.8. The van der Waals surface area contributed by atoms with Crippen LogP contribution in [0.1, 0.15) is 13.8 Å². The van der Waals surface area contributed by atoms with E-state index in [9.17, 15) is 9.36 Å². The molecular weight excluding hydrogens is 229 g/mol. The van der Waals surface area contributed by atoms with Gasteiger partial charge in [0, 0.05) is 0 Å². The average molecular weight is 252 g/mol. The standard InChI is InChI=1S/C10H23NO4P/c1-6-14-16(13,15-7-2)9-10(12)8-11(3,4)5/h6-9H2,1-5H3/q+1. The first-order valence-electron chi connectivity index (χ1n) is 5.42. The molecule has 6 heteroatoms. The Morgan fingerprint density at radius 2 is 1.56 bits per heavy atom. The van der Waals surface area contributed by atoms with Crippen molar-refractivity contribution in [2.45, 2.75) is 13.8 Å². The number of rotatable bonds is 8. The lowest BCUT2D eigenvalue weighted by atomic mass is 10.4. The second-order valence-corrected chi connectivity index (χ2v) is 6.65. The minimum absolute atomic E-state index is 0.0993. The van der Waals surface area contributed by atoms with Crippen LogP contribution < -0.4 is 0 Å². The molecule has 0 aromatic rings. The molecule has 0 aromatic heterocycles. The van der Waals surface area contributed by atoms with E-state index in [0.717, 1.165) is 0 Å². The van der Waals surface area contributed by atoms with E-state index in [1.54, 1.807) is 13.8 Å². The summed E-state index contributed by atoms with van der Waals surface area (Å²) in [4.78, 5) is 11.7. The summed E-state index contributed by atoms with van der Waals surface area (Å²) in [7, 11) is 2.50. The Balaban J connectivity index is 4.41. The lowest BCUT2D eigenvalue weighted by Crippen LogP contribution is -2.40. The van der Waals surface area contributed by atoms with Gasteiger partial charge in [-0.05, 0) is 13.8 Å². The third-order valence-electron chi connectivity index (χ3n) is 1.67. The Hall–Kier alpha value is -0.220. The molecule has 0 unspecified atom stereocenters. The molecule has 0 amide bonds. The summed E-state index contributed by atoms with van der Waals surface area (Å²) >= 11 is 0. The predicted octanol–water partition coefficient (Wildman–Crippen LogP) is 1.53. The van der Waals surface area contributed by atoms with Crippen molar-refractivity contribution in [3.8, 4) is 0 Å². The van der Waals surface area contributed by atoms with Crippen LogP contribution in [0, 0.1) is 0 Å². The Morgan fingerprint density at radius 1 is 1.12 bits per heavy atom. The summed E-state index contributed by atoms with van der Waals surface area (Å²) in [6, 6.07) is 0. The third-order valence-corrected chi connectivity index (χ3v) is 3.72. The Bertz CT molecular complexity index is 262. The number of hydrogen-bond donors (Lipinski definition) is 0. The van der Waals surface area contributed by atoms with Crippen LogP contribution in [0.2, 0.25) is 0 Å². The molecule has 0 N–H and O–H groups in total. The maximum Gasteiger partial charge on any atom is 0.338 e. The van der Waals surface area contributed by atoms with Gasteiger partial charge < -0.3 is 13.5 Å². The van der Waals surface area contributed by atoms with E-state index in [2.05, 4.69) is 0 Å². The third kappa shape index (κ3) is 7.12. The number of Topliss-reactive ketones (excluding diaryl/α,β-unsaturated/α-hetero) is 1. The smallest absolute Gasteiger partial charge is 0.325 e. The van der Waals surface area contributed by atoms with Crippen molar-refractivity contribution in [2.24, 2.45) is 0 Å². The van der Waals surface area contributed by atoms with E-state index in [4.69, 9.17) is 9.05 Å². The zero-order chi connectivity index (χ0) is 12.8. The van der Waals surface area contributed by atoms with E-state index in [-0.39, 0.29) is 25.2 Å². The molecule has 0 saturated carbocycles. The SMILES string of the molecule is CCOP(=O)(CC(=O)C[N+](C)(C)C)OCC. The molecule has 0 aliphatic rings.